The summed E-state index contributed by atoms with van der Waals surface area (Å²) < 4.78 is 18.9. The molecule has 1 unspecified atom stereocenters. The number of hydrogen-bond acceptors (Lipinski definition) is 2. The van der Waals surface area contributed by atoms with E-state index in [1.54, 1.807) is 18.2 Å². The zero-order valence-electron chi connectivity index (χ0n) is 9.46. The van der Waals surface area contributed by atoms with Crippen LogP contribution < -0.4 is 10.5 Å². The van der Waals surface area contributed by atoms with Crippen molar-refractivity contribution in [3.8, 4) is 5.75 Å². The molecule has 0 fully saturated rings. The van der Waals surface area contributed by atoms with E-state index in [0.717, 1.165) is 0 Å². The monoisotopic (exact) mass is 211 g/mol. The van der Waals surface area contributed by atoms with Crippen LogP contribution in [0.3, 0.4) is 0 Å². The van der Waals surface area contributed by atoms with Gasteiger partial charge >= 0.3 is 0 Å². The Morgan fingerprint density at radius 2 is 2.00 bits per heavy atom. The molecule has 15 heavy (non-hydrogen) atoms. The zero-order chi connectivity index (χ0) is 11.5. The summed E-state index contributed by atoms with van der Waals surface area (Å²) in [4.78, 5) is 0. The Balaban J connectivity index is 2.73. The van der Waals surface area contributed by atoms with Crippen LogP contribution in [0.1, 0.15) is 27.2 Å². The van der Waals surface area contributed by atoms with Gasteiger partial charge in [0.1, 0.15) is 5.60 Å². The van der Waals surface area contributed by atoms with Crippen molar-refractivity contribution in [3.63, 3.8) is 0 Å². The minimum Gasteiger partial charge on any atom is -0.485 e. The molecule has 0 heterocycles. The largest absolute Gasteiger partial charge is 0.485 e. The van der Waals surface area contributed by atoms with Gasteiger partial charge in [0.25, 0.3) is 0 Å². The third-order valence-electron chi connectivity index (χ3n) is 2.04. The predicted molar refractivity (Wildman–Crippen MR) is 59.4 cm³/mol. The number of nitrogens with two attached hydrogens (primary N) is 1. The SMILES string of the molecule is CC(N)CC(C)(C)Oc1ccccc1F. The number of para-hydroxylation sites is 1. The topological polar surface area (TPSA) is 35.2 Å². The van der Waals surface area contributed by atoms with Gasteiger partial charge in [0.05, 0.1) is 0 Å². The van der Waals surface area contributed by atoms with Gasteiger partial charge in [-0.2, -0.15) is 0 Å². The molecule has 0 saturated heterocycles. The van der Waals surface area contributed by atoms with Crippen molar-refractivity contribution in [2.24, 2.45) is 5.73 Å². The second-order valence-corrected chi connectivity index (χ2v) is 4.47. The molecule has 0 aliphatic rings. The summed E-state index contributed by atoms with van der Waals surface area (Å²) >= 11 is 0. The molecule has 1 aromatic rings. The van der Waals surface area contributed by atoms with E-state index < -0.39 is 5.60 Å². The minimum atomic E-state index is -0.448. The Bertz CT molecular complexity index is 323. The number of benzene rings is 1. The fraction of sp³-hybridized carbons (Fsp3) is 0.500. The molecule has 0 aliphatic heterocycles. The van der Waals surface area contributed by atoms with Crippen molar-refractivity contribution < 1.29 is 9.13 Å². The predicted octanol–water partition coefficient (Wildman–Crippen LogP) is 2.72. The molecule has 0 amide bonds. The first-order chi connectivity index (χ1) is 6.91. The lowest BCUT2D eigenvalue weighted by Gasteiger charge is -2.28. The molecule has 0 bridgehead atoms. The van der Waals surface area contributed by atoms with Crippen LogP contribution in [-0.2, 0) is 0 Å². The second kappa shape index (κ2) is 4.62. The number of halogens is 1. The molecule has 1 atom stereocenters. The average molecular weight is 211 g/mol. The number of rotatable bonds is 4. The van der Waals surface area contributed by atoms with E-state index in [9.17, 15) is 4.39 Å². The molecule has 84 valence electrons. The van der Waals surface area contributed by atoms with Crippen molar-refractivity contribution in [2.45, 2.75) is 38.8 Å². The van der Waals surface area contributed by atoms with Crippen molar-refractivity contribution in [3.05, 3.63) is 30.1 Å². The molecule has 1 aromatic carbocycles. The quantitative estimate of drug-likeness (QED) is 0.831. The van der Waals surface area contributed by atoms with Crippen molar-refractivity contribution in [1.82, 2.24) is 0 Å². The maximum Gasteiger partial charge on any atom is 0.165 e. The normalized spacial score (nSPS) is 13.7. The van der Waals surface area contributed by atoms with Crippen LogP contribution >= 0.6 is 0 Å². The molecule has 3 heteroatoms. The third kappa shape index (κ3) is 3.88. The highest BCUT2D eigenvalue weighted by Gasteiger charge is 2.22. The summed E-state index contributed by atoms with van der Waals surface area (Å²) in [5.74, 6) is -0.0570. The van der Waals surface area contributed by atoms with Gasteiger partial charge in [-0.25, -0.2) is 4.39 Å². The summed E-state index contributed by atoms with van der Waals surface area (Å²) in [6.45, 7) is 5.72. The highest BCUT2D eigenvalue weighted by atomic mass is 19.1. The molecule has 2 nitrogen and oxygen atoms in total. The highest BCUT2D eigenvalue weighted by molar-refractivity contribution is 5.24. The van der Waals surface area contributed by atoms with Gasteiger partial charge in [-0.1, -0.05) is 12.1 Å². The fourth-order valence-electron chi connectivity index (χ4n) is 1.64. The molecule has 2 N–H and O–H groups in total. The number of hydrogen-bond donors (Lipinski definition) is 1. The van der Waals surface area contributed by atoms with Gasteiger partial charge in [0.2, 0.25) is 0 Å². The molecule has 0 aliphatic carbocycles. The lowest BCUT2D eigenvalue weighted by Crippen LogP contribution is -2.35. The smallest absolute Gasteiger partial charge is 0.165 e. The maximum absolute atomic E-state index is 13.3. The van der Waals surface area contributed by atoms with E-state index >= 15 is 0 Å². The lowest BCUT2D eigenvalue weighted by molar-refractivity contribution is 0.0881. The fourth-order valence-corrected chi connectivity index (χ4v) is 1.64. The third-order valence-corrected chi connectivity index (χ3v) is 2.04. The molecular weight excluding hydrogens is 193 g/mol. The zero-order valence-corrected chi connectivity index (χ0v) is 9.46. The van der Waals surface area contributed by atoms with Crippen LogP contribution in [0, 0.1) is 5.82 Å². The van der Waals surface area contributed by atoms with Gasteiger partial charge in [-0.05, 0) is 32.9 Å². The number of ether oxygens (including phenoxy) is 1. The first-order valence-corrected chi connectivity index (χ1v) is 5.10. The lowest BCUT2D eigenvalue weighted by atomic mass is 10.0. The second-order valence-electron chi connectivity index (χ2n) is 4.47. The molecule has 0 spiro atoms. The van der Waals surface area contributed by atoms with E-state index in [1.165, 1.54) is 6.07 Å². The van der Waals surface area contributed by atoms with Crippen LogP contribution in [0.2, 0.25) is 0 Å². The van der Waals surface area contributed by atoms with Gasteiger partial charge in [-0.3, -0.25) is 0 Å². The van der Waals surface area contributed by atoms with Crippen LogP contribution in [0.5, 0.6) is 5.75 Å². The van der Waals surface area contributed by atoms with Crippen LogP contribution in [0.25, 0.3) is 0 Å². The highest BCUT2D eigenvalue weighted by Crippen LogP contribution is 2.24. The molecule has 0 aromatic heterocycles. The van der Waals surface area contributed by atoms with Gasteiger partial charge in [-0.15, -0.1) is 0 Å². The van der Waals surface area contributed by atoms with Gasteiger partial charge in [0, 0.05) is 12.5 Å². The molecule has 1 rings (SSSR count). The van der Waals surface area contributed by atoms with Crippen LogP contribution in [-0.4, -0.2) is 11.6 Å². The molecule has 0 radical (unpaired) electrons. The van der Waals surface area contributed by atoms with E-state index in [-0.39, 0.29) is 17.6 Å². The Labute approximate surface area is 90.2 Å². The van der Waals surface area contributed by atoms with E-state index in [1.807, 2.05) is 20.8 Å². The van der Waals surface area contributed by atoms with Crippen LogP contribution in [0.15, 0.2) is 24.3 Å². The summed E-state index contributed by atoms with van der Waals surface area (Å²) in [7, 11) is 0. The standard InChI is InChI=1S/C12H18FNO/c1-9(14)8-12(2,3)15-11-7-5-4-6-10(11)13/h4-7,9H,8,14H2,1-3H3. The van der Waals surface area contributed by atoms with Crippen molar-refractivity contribution in [2.75, 3.05) is 0 Å². The molecule has 0 saturated carbocycles. The summed E-state index contributed by atoms with van der Waals surface area (Å²) in [6.07, 6.45) is 0.682. The summed E-state index contributed by atoms with van der Waals surface area (Å²) in [6, 6.07) is 6.43. The molecular formula is C12H18FNO. The van der Waals surface area contributed by atoms with E-state index in [0.29, 0.717) is 6.42 Å². The van der Waals surface area contributed by atoms with E-state index in [4.69, 9.17) is 10.5 Å². The first kappa shape index (κ1) is 12.0. The maximum atomic E-state index is 13.3. The minimum absolute atomic E-state index is 0.0340. The van der Waals surface area contributed by atoms with Crippen molar-refractivity contribution in [1.29, 1.82) is 0 Å². The Kier molecular flexibility index (Phi) is 3.69. The Morgan fingerprint density at radius 1 is 1.40 bits per heavy atom. The van der Waals surface area contributed by atoms with Crippen LogP contribution in [0.4, 0.5) is 4.39 Å². The van der Waals surface area contributed by atoms with Gasteiger partial charge in [0.15, 0.2) is 11.6 Å². The summed E-state index contributed by atoms with van der Waals surface area (Å²) in [5, 5.41) is 0. The first-order valence-electron chi connectivity index (χ1n) is 5.10. The summed E-state index contributed by atoms with van der Waals surface area (Å²) in [5.41, 5.74) is 5.25. The van der Waals surface area contributed by atoms with E-state index in [2.05, 4.69) is 0 Å². The Hall–Kier alpha value is -1.09. The Morgan fingerprint density at radius 3 is 2.53 bits per heavy atom. The van der Waals surface area contributed by atoms with Gasteiger partial charge < -0.3 is 10.5 Å². The average Bonchev–Trinajstić information content (AvgIpc) is 2.06. The van der Waals surface area contributed by atoms with Crippen molar-refractivity contribution >= 4 is 0 Å².